The third kappa shape index (κ3) is 3.85. The van der Waals surface area contributed by atoms with Gasteiger partial charge in [-0.25, -0.2) is 0 Å². The zero-order valence-corrected chi connectivity index (χ0v) is 15.8. The van der Waals surface area contributed by atoms with Gasteiger partial charge in [0.15, 0.2) is 0 Å². The topological polar surface area (TPSA) is 89.1 Å². The molecule has 0 aromatic heterocycles. The first-order valence-electron chi connectivity index (χ1n) is 9.63. The van der Waals surface area contributed by atoms with E-state index >= 15 is 0 Å². The van der Waals surface area contributed by atoms with Crippen molar-refractivity contribution in [3.05, 3.63) is 30.7 Å². The zero-order chi connectivity index (χ0) is 19.5. The fraction of sp³-hybridized carbons (Fsp3) is 0.500. The Morgan fingerprint density at radius 1 is 1.14 bits per heavy atom. The summed E-state index contributed by atoms with van der Waals surface area (Å²) in [5.41, 5.74) is 1.82. The van der Waals surface area contributed by atoms with Crippen LogP contribution in [0.25, 0.3) is 0 Å². The fourth-order valence-corrected chi connectivity index (χ4v) is 3.95. The Morgan fingerprint density at radius 2 is 1.89 bits per heavy atom. The molecule has 0 bridgehead atoms. The molecule has 0 spiro atoms. The zero-order valence-electron chi connectivity index (χ0n) is 15.8. The van der Waals surface area contributed by atoms with E-state index in [1.807, 2.05) is 18.2 Å². The second-order valence-corrected chi connectivity index (χ2v) is 7.27. The van der Waals surface area contributed by atoms with Gasteiger partial charge in [-0.2, -0.15) is 0 Å². The molecule has 8 heteroatoms. The summed E-state index contributed by atoms with van der Waals surface area (Å²) in [6, 6.07) is 5.44. The number of hydrogen-bond acceptors (Lipinski definition) is 7. The number of benzene rings is 1. The minimum atomic E-state index is -0.413. The maximum atomic E-state index is 12.0. The van der Waals surface area contributed by atoms with Crippen molar-refractivity contribution in [3.63, 3.8) is 0 Å². The molecule has 2 fully saturated rings. The van der Waals surface area contributed by atoms with E-state index in [0.717, 1.165) is 43.1 Å². The molecule has 4 rings (SSSR count). The molecular formula is C20H25N3O5. The van der Waals surface area contributed by atoms with Gasteiger partial charge in [0.25, 0.3) is 0 Å². The highest BCUT2D eigenvalue weighted by atomic mass is 16.7. The average molecular weight is 387 g/mol. The van der Waals surface area contributed by atoms with Gasteiger partial charge < -0.3 is 24.4 Å². The SMILES string of the molecule is COc1cc(NC2CCC(=O)NC2=O)ccc1N1CCC(C2OC=CO2)CC1. The van der Waals surface area contributed by atoms with Crippen LogP contribution < -0.4 is 20.3 Å². The highest BCUT2D eigenvalue weighted by Gasteiger charge is 2.31. The number of nitrogens with one attached hydrogen (secondary N) is 2. The van der Waals surface area contributed by atoms with E-state index in [-0.39, 0.29) is 18.1 Å². The van der Waals surface area contributed by atoms with Gasteiger partial charge in [-0.1, -0.05) is 0 Å². The molecule has 0 radical (unpaired) electrons. The monoisotopic (exact) mass is 387 g/mol. The van der Waals surface area contributed by atoms with Crippen LogP contribution in [0.4, 0.5) is 11.4 Å². The molecule has 3 aliphatic rings. The van der Waals surface area contributed by atoms with Gasteiger partial charge >= 0.3 is 0 Å². The standard InChI is InChI=1S/C20H25N3O5/c1-26-17-12-14(21-15-3-5-18(24)22-19(15)25)2-4-16(17)23-8-6-13(7-9-23)20-27-10-11-28-20/h2,4,10-13,15,20-21H,3,5-9H2,1H3,(H,22,24,25). The highest BCUT2D eigenvalue weighted by molar-refractivity contribution is 6.01. The molecule has 2 amide bonds. The van der Waals surface area contributed by atoms with Gasteiger partial charge in [0, 0.05) is 37.2 Å². The maximum Gasteiger partial charge on any atom is 0.249 e. The van der Waals surface area contributed by atoms with Crippen molar-refractivity contribution in [1.82, 2.24) is 5.32 Å². The van der Waals surface area contributed by atoms with Crippen LogP contribution in [-0.2, 0) is 19.1 Å². The number of carbonyl (C=O) groups excluding carboxylic acids is 2. The van der Waals surface area contributed by atoms with Crippen LogP contribution in [-0.4, -0.2) is 44.3 Å². The molecule has 0 saturated carbocycles. The lowest BCUT2D eigenvalue weighted by Crippen LogP contribution is -2.47. The van der Waals surface area contributed by atoms with Crippen LogP contribution in [0.15, 0.2) is 30.7 Å². The number of carbonyl (C=O) groups is 2. The number of ether oxygens (including phenoxy) is 3. The van der Waals surface area contributed by atoms with E-state index in [9.17, 15) is 9.59 Å². The quantitative estimate of drug-likeness (QED) is 0.747. The molecule has 8 nitrogen and oxygen atoms in total. The average Bonchev–Trinajstić information content (AvgIpc) is 3.25. The lowest BCUT2D eigenvalue weighted by Gasteiger charge is -2.35. The summed E-state index contributed by atoms with van der Waals surface area (Å²) in [6.07, 6.45) is 5.84. The molecule has 150 valence electrons. The van der Waals surface area contributed by atoms with E-state index in [1.54, 1.807) is 19.6 Å². The van der Waals surface area contributed by atoms with Crippen molar-refractivity contribution in [2.75, 3.05) is 30.4 Å². The molecule has 0 aliphatic carbocycles. The number of hydrogen-bond donors (Lipinski definition) is 2. The molecule has 28 heavy (non-hydrogen) atoms. The van der Waals surface area contributed by atoms with Crippen molar-refractivity contribution in [2.24, 2.45) is 5.92 Å². The van der Waals surface area contributed by atoms with Gasteiger partial charge in [-0.3, -0.25) is 14.9 Å². The molecule has 1 aromatic carbocycles. The first kappa shape index (κ1) is 18.5. The number of nitrogens with zero attached hydrogens (tertiary/aromatic N) is 1. The normalized spacial score (nSPS) is 23.2. The van der Waals surface area contributed by atoms with Crippen LogP contribution >= 0.6 is 0 Å². The van der Waals surface area contributed by atoms with E-state index in [0.29, 0.717) is 18.8 Å². The molecule has 3 heterocycles. The number of rotatable bonds is 5. The van der Waals surface area contributed by atoms with Crippen LogP contribution in [0, 0.1) is 5.92 Å². The molecule has 1 aromatic rings. The number of methoxy groups -OCH3 is 1. The first-order valence-corrected chi connectivity index (χ1v) is 9.63. The second kappa shape index (κ2) is 8.00. The van der Waals surface area contributed by atoms with Gasteiger partial charge in [0.1, 0.15) is 24.3 Å². The van der Waals surface area contributed by atoms with E-state index in [2.05, 4.69) is 15.5 Å². The summed E-state index contributed by atoms with van der Waals surface area (Å²) in [5, 5.41) is 5.56. The Bertz CT molecular complexity index is 765. The van der Waals surface area contributed by atoms with E-state index in [4.69, 9.17) is 14.2 Å². The van der Waals surface area contributed by atoms with Gasteiger partial charge in [-0.05, 0) is 31.4 Å². The Balaban J connectivity index is 1.40. The van der Waals surface area contributed by atoms with Crippen molar-refractivity contribution in [3.8, 4) is 5.75 Å². The molecule has 3 aliphatic heterocycles. The predicted octanol–water partition coefficient (Wildman–Crippen LogP) is 1.97. The summed E-state index contributed by atoms with van der Waals surface area (Å²) >= 11 is 0. The maximum absolute atomic E-state index is 12.0. The van der Waals surface area contributed by atoms with Crippen LogP contribution in [0.1, 0.15) is 25.7 Å². The van der Waals surface area contributed by atoms with Crippen molar-refractivity contribution >= 4 is 23.2 Å². The molecule has 2 saturated heterocycles. The lowest BCUT2D eigenvalue weighted by atomic mass is 9.95. The Labute approximate surface area is 163 Å². The summed E-state index contributed by atoms with van der Waals surface area (Å²) in [7, 11) is 1.65. The molecule has 2 N–H and O–H groups in total. The Morgan fingerprint density at radius 3 is 2.57 bits per heavy atom. The fourth-order valence-electron chi connectivity index (χ4n) is 3.95. The number of anilines is 2. The lowest BCUT2D eigenvalue weighted by molar-refractivity contribution is -0.133. The summed E-state index contributed by atoms with van der Waals surface area (Å²) in [4.78, 5) is 25.6. The summed E-state index contributed by atoms with van der Waals surface area (Å²) in [5.74, 6) is 0.632. The van der Waals surface area contributed by atoms with E-state index in [1.165, 1.54) is 0 Å². The Kier molecular flexibility index (Phi) is 5.27. The van der Waals surface area contributed by atoms with Crippen LogP contribution in [0.5, 0.6) is 5.75 Å². The van der Waals surface area contributed by atoms with Crippen LogP contribution in [0.3, 0.4) is 0 Å². The van der Waals surface area contributed by atoms with Crippen molar-refractivity contribution in [2.45, 2.75) is 38.0 Å². The smallest absolute Gasteiger partial charge is 0.249 e. The van der Waals surface area contributed by atoms with E-state index < -0.39 is 6.04 Å². The number of imide groups is 1. The third-order valence-electron chi connectivity index (χ3n) is 5.51. The highest BCUT2D eigenvalue weighted by Crippen LogP contribution is 2.35. The number of piperidine rings is 2. The Hall–Kier alpha value is -2.90. The molecular weight excluding hydrogens is 362 g/mol. The molecule has 1 atom stereocenters. The molecule has 1 unspecified atom stereocenters. The second-order valence-electron chi connectivity index (χ2n) is 7.27. The van der Waals surface area contributed by atoms with Crippen molar-refractivity contribution < 1.29 is 23.8 Å². The minimum Gasteiger partial charge on any atom is -0.495 e. The van der Waals surface area contributed by atoms with Gasteiger partial charge in [0.2, 0.25) is 18.1 Å². The predicted molar refractivity (Wildman–Crippen MR) is 103 cm³/mol. The van der Waals surface area contributed by atoms with Crippen molar-refractivity contribution in [1.29, 1.82) is 0 Å². The minimum absolute atomic E-state index is 0.163. The van der Waals surface area contributed by atoms with Gasteiger partial charge in [0.05, 0.1) is 12.8 Å². The van der Waals surface area contributed by atoms with Crippen LogP contribution in [0.2, 0.25) is 0 Å². The summed E-state index contributed by atoms with van der Waals surface area (Å²) < 4.78 is 16.6. The largest absolute Gasteiger partial charge is 0.495 e. The first-order chi connectivity index (χ1) is 13.6. The third-order valence-corrected chi connectivity index (χ3v) is 5.51. The van der Waals surface area contributed by atoms with Gasteiger partial charge in [-0.15, -0.1) is 0 Å². The number of amides is 2. The summed E-state index contributed by atoms with van der Waals surface area (Å²) in [6.45, 7) is 1.79.